The molecule has 7 nitrogen and oxygen atoms in total. The molecule has 8 heteroatoms. The minimum Gasteiger partial charge on any atom is -0.393 e. The predicted molar refractivity (Wildman–Crippen MR) is 108 cm³/mol. The Bertz CT molecular complexity index is 915. The van der Waals surface area contributed by atoms with Crippen molar-refractivity contribution in [1.82, 2.24) is 19.9 Å². The third kappa shape index (κ3) is 3.30. The molecule has 136 valence electrons. The number of piperazine rings is 1. The van der Waals surface area contributed by atoms with Crippen molar-refractivity contribution in [3.05, 3.63) is 30.1 Å². The lowest BCUT2D eigenvalue weighted by Crippen LogP contribution is -2.46. The van der Waals surface area contributed by atoms with Crippen LogP contribution < -0.4 is 16.0 Å². The lowest BCUT2D eigenvalue weighted by molar-refractivity contribution is 0.270. The Labute approximate surface area is 156 Å². The predicted octanol–water partition coefficient (Wildman–Crippen LogP) is 2.86. The topological polar surface area (TPSA) is 83.2 Å². The third-order valence-electron chi connectivity index (χ3n) is 4.75. The van der Waals surface area contributed by atoms with Crippen LogP contribution in [0.5, 0.6) is 0 Å². The van der Waals surface area contributed by atoms with E-state index in [4.69, 9.17) is 5.73 Å². The molecule has 0 radical (unpaired) electrons. The second-order valence-electron chi connectivity index (χ2n) is 6.50. The summed E-state index contributed by atoms with van der Waals surface area (Å²) in [4.78, 5) is 18.0. The van der Waals surface area contributed by atoms with Gasteiger partial charge in [-0.05, 0) is 31.2 Å². The van der Waals surface area contributed by atoms with Crippen LogP contribution in [0.1, 0.15) is 12.5 Å². The molecule has 0 saturated carbocycles. The fourth-order valence-corrected chi connectivity index (χ4v) is 4.16. The molecule has 1 aliphatic heterocycles. The molecule has 0 amide bonds. The second kappa shape index (κ2) is 7.05. The molecule has 0 unspecified atom stereocenters. The molecule has 1 saturated heterocycles. The first-order valence-electron chi connectivity index (χ1n) is 8.86. The molecule has 4 rings (SSSR count). The molecule has 2 aromatic heterocycles. The highest BCUT2D eigenvalue weighted by Gasteiger charge is 2.20. The number of nitrogens with zero attached hydrogens (tertiary/aromatic N) is 5. The Kier molecular flexibility index (Phi) is 4.60. The number of benzene rings is 1. The van der Waals surface area contributed by atoms with Gasteiger partial charge in [0, 0.05) is 26.2 Å². The molecule has 3 aromatic rings. The zero-order chi connectivity index (χ0) is 18.1. The van der Waals surface area contributed by atoms with Gasteiger partial charge in [-0.25, -0.2) is 15.0 Å². The van der Waals surface area contributed by atoms with Crippen LogP contribution in [0.15, 0.2) is 24.5 Å². The highest BCUT2D eigenvalue weighted by atomic mass is 32.1. The minimum absolute atomic E-state index is 0.577. The van der Waals surface area contributed by atoms with Crippen LogP contribution >= 0.6 is 11.3 Å². The highest BCUT2D eigenvalue weighted by Crippen LogP contribution is 2.32. The lowest BCUT2D eigenvalue weighted by Gasteiger charge is -2.35. The summed E-state index contributed by atoms with van der Waals surface area (Å²) in [5.41, 5.74) is 9.16. The fourth-order valence-electron chi connectivity index (χ4n) is 3.20. The highest BCUT2D eigenvalue weighted by molar-refractivity contribution is 7.22. The lowest BCUT2D eigenvalue weighted by atomic mass is 10.2. The molecule has 1 aromatic carbocycles. The summed E-state index contributed by atoms with van der Waals surface area (Å²) < 4.78 is 1.15. The van der Waals surface area contributed by atoms with E-state index in [-0.39, 0.29) is 0 Å². The molecule has 0 atom stereocenters. The zero-order valence-corrected chi connectivity index (χ0v) is 15.9. The maximum atomic E-state index is 6.38. The molecular formula is C18H23N7S. The van der Waals surface area contributed by atoms with Crippen molar-refractivity contribution in [3.63, 3.8) is 0 Å². The summed E-state index contributed by atoms with van der Waals surface area (Å²) in [7, 11) is 0. The number of hydrogen-bond acceptors (Lipinski definition) is 8. The first kappa shape index (κ1) is 17.0. The van der Waals surface area contributed by atoms with Gasteiger partial charge >= 0.3 is 0 Å². The molecule has 26 heavy (non-hydrogen) atoms. The van der Waals surface area contributed by atoms with Crippen molar-refractivity contribution < 1.29 is 0 Å². The Morgan fingerprint density at radius 2 is 2.00 bits per heavy atom. The molecule has 1 aliphatic rings. The SMILES string of the molecule is CCN1CCN(c2ncnc(Nc3nc4ccc(C)cc4s3)c2N)CC1. The number of fused-ring (bicyclic) bond motifs is 1. The summed E-state index contributed by atoms with van der Waals surface area (Å²) in [5.74, 6) is 1.42. The van der Waals surface area contributed by atoms with Gasteiger partial charge in [0.2, 0.25) is 0 Å². The van der Waals surface area contributed by atoms with Crippen LogP contribution in [0, 0.1) is 6.92 Å². The Morgan fingerprint density at radius 3 is 2.77 bits per heavy atom. The van der Waals surface area contributed by atoms with Gasteiger partial charge in [-0.15, -0.1) is 0 Å². The van der Waals surface area contributed by atoms with Crippen molar-refractivity contribution in [2.24, 2.45) is 0 Å². The normalized spacial score (nSPS) is 15.5. The fraction of sp³-hybridized carbons (Fsp3) is 0.389. The monoisotopic (exact) mass is 369 g/mol. The number of nitrogens with two attached hydrogens (primary N) is 1. The number of rotatable bonds is 4. The zero-order valence-electron chi connectivity index (χ0n) is 15.1. The number of nitrogens with one attached hydrogen (secondary N) is 1. The van der Waals surface area contributed by atoms with Crippen LogP contribution in [-0.2, 0) is 0 Å². The van der Waals surface area contributed by atoms with Crippen molar-refractivity contribution in [2.45, 2.75) is 13.8 Å². The van der Waals surface area contributed by atoms with Gasteiger partial charge in [0.1, 0.15) is 12.0 Å². The third-order valence-corrected chi connectivity index (χ3v) is 5.68. The van der Waals surface area contributed by atoms with Gasteiger partial charge < -0.3 is 20.9 Å². The summed E-state index contributed by atoms with van der Waals surface area (Å²) in [6.45, 7) is 9.26. The average Bonchev–Trinajstić information content (AvgIpc) is 3.05. The van der Waals surface area contributed by atoms with Gasteiger partial charge in [0.15, 0.2) is 16.8 Å². The maximum absolute atomic E-state index is 6.38. The van der Waals surface area contributed by atoms with Crippen molar-refractivity contribution in [2.75, 3.05) is 48.7 Å². The first-order valence-corrected chi connectivity index (χ1v) is 9.67. The van der Waals surface area contributed by atoms with Gasteiger partial charge in [0.05, 0.1) is 10.2 Å². The maximum Gasteiger partial charge on any atom is 0.189 e. The largest absolute Gasteiger partial charge is 0.393 e. The average molecular weight is 369 g/mol. The van der Waals surface area contributed by atoms with Crippen LogP contribution in [0.25, 0.3) is 10.2 Å². The van der Waals surface area contributed by atoms with Gasteiger partial charge in [-0.2, -0.15) is 0 Å². The Hall–Kier alpha value is -2.45. The van der Waals surface area contributed by atoms with Crippen molar-refractivity contribution >= 4 is 44.0 Å². The van der Waals surface area contributed by atoms with E-state index in [1.54, 1.807) is 17.7 Å². The van der Waals surface area contributed by atoms with E-state index in [1.807, 2.05) is 6.07 Å². The standard InChI is InChI=1S/C18H23N7S/c1-3-24-6-8-25(9-7-24)17-15(19)16(20-11-21-17)23-18-22-13-5-4-12(2)10-14(13)26-18/h4-5,10-11H,3,6-9,19H2,1-2H3,(H,20,21,22,23). The molecule has 0 spiro atoms. The smallest absolute Gasteiger partial charge is 0.189 e. The number of hydrogen-bond donors (Lipinski definition) is 2. The number of anilines is 4. The number of aryl methyl sites for hydroxylation is 1. The summed E-state index contributed by atoms with van der Waals surface area (Å²) in [6.07, 6.45) is 1.57. The Balaban J connectivity index is 1.57. The summed E-state index contributed by atoms with van der Waals surface area (Å²) in [6, 6.07) is 6.24. The van der Waals surface area contributed by atoms with Gasteiger partial charge in [0.25, 0.3) is 0 Å². The van der Waals surface area contributed by atoms with Crippen LogP contribution in [0.2, 0.25) is 0 Å². The quantitative estimate of drug-likeness (QED) is 0.731. The van der Waals surface area contributed by atoms with Crippen molar-refractivity contribution in [1.29, 1.82) is 0 Å². The number of likely N-dealkylation sites (N-methyl/N-ethyl adjacent to an activating group) is 1. The molecule has 3 heterocycles. The minimum atomic E-state index is 0.577. The van der Waals surface area contributed by atoms with Crippen molar-refractivity contribution in [3.8, 4) is 0 Å². The van der Waals surface area contributed by atoms with E-state index >= 15 is 0 Å². The van der Waals surface area contributed by atoms with E-state index in [0.717, 1.165) is 53.9 Å². The number of aromatic nitrogens is 3. The van der Waals surface area contributed by atoms with Crippen LogP contribution in [-0.4, -0.2) is 52.6 Å². The molecule has 0 bridgehead atoms. The van der Waals surface area contributed by atoms with E-state index in [1.165, 1.54) is 5.56 Å². The first-order chi connectivity index (χ1) is 12.6. The van der Waals surface area contributed by atoms with Crippen LogP contribution in [0.3, 0.4) is 0 Å². The van der Waals surface area contributed by atoms with E-state index in [0.29, 0.717) is 11.5 Å². The summed E-state index contributed by atoms with van der Waals surface area (Å²) >= 11 is 1.60. The van der Waals surface area contributed by atoms with Gasteiger partial charge in [-0.1, -0.05) is 24.3 Å². The number of thiazole rings is 1. The van der Waals surface area contributed by atoms with E-state index < -0.39 is 0 Å². The van der Waals surface area contributed by atoms with E-state index in [2.05, 4.69) is 56.0 Å². The molecule has 3 N–H and O–H groups in total. The second-order valence-corrected chi connectivity index (χ2v) is 7.53. The molecule has 0 aliphatic carbocycles. The van der Waals surface area contributed by atoms with Gasteiger partial charge in [-0.3, -0.25) is 0 Å². The Morgan fingerprint density at radius 1 is 1.19 bits per heavy atom. The van der Waals surface area contributed by atoms with Crippen LogP contribution in [0.4, 0.5) is 22.5 Å². The molecular weight excluding hydrogens is 346 g/mol. The summed E-state index contributed by atoms with van der Waals surface area (Å²) in [5, 5.41) is 4.06. The molecule has 1 fully saturated rings. The number of nitrogen functional groups attached to an aromatic ring is 1. The van der Waals surface area contributed by atoms with E-state index in [9.17, 15) is 0 Å².